The monoisotopic (exact) mass is 365 g/mol. The quantitative estimate of drug-likeness (QED) is 0.844. The number of benzene rings is 1. The molecule has 3 N–H and O–H groups in total. The molecule has 0 aliphatic carbocycles. The number of nitrogens with zero attached hydrogens (tertiary/aromatic N) is 1. The minimum Gasteiger partial charge on any atom is -0.340 e. The Morgan fingerprint density at radius 1 is 1.36 bits per heavy atom. The highest BCUT2D eigenvalue weighted by Gasteiger charge is 2.43. The average Bonchev–Trinajstić information content (AvgIpc) is 2.94. The van der Waals surface area contributed by atoms with Crippen molar-refractivity contribution in [1.29, 1.82) is 0 Å². The Balaban J connectivity index is 1.78. The molecular formula is C17H24BrN3O. The molecule has 1 spiro atoms. The van der Waals surface area contributed by atoms with Crippen LogP contribution in [0.1, 0.15) is 31.7 Å². The standard InChI is InChI=1S/C17H24BrN3O/c1-16(19,13-3-5-14(18)6-4-13)15(22)21-10-2-7-17(12-21)8-9-20-11-17/h3-6,20H,2,7-12,19H2,1H3. The third-order valence-corrected chi connectivity index (χ3v) is 5.70. The topological polar surface area (TPSA) is 58.4 Å². The van der Waals surface area contributed by atoms with Gasteiger partial charge in [0.25, 0.3) is 0 Å². The number of piperidine rings is 1. The summed E-state index contributed by atoms with van der Waals surface area (Å²) in [5.41, 5.74) is 6.59. The molecule has 120 valence electrons. The van der Waals surface area contributed by atoms with Crippen molar-refractivity contribution in [2.24, 2.45) is 11.1 Å². The van der Waals surface area contributed by atoms with Gasteiger partial charge in [0, 0.05) is 29.5 Å². The molecule has 3 rings (SSSR count). The van der Waals surface area contributed by atoms with E-state index in [4.69, 9.17) is 5.73 Å². The normalized spacial score (nSPS) is 27.9. The lowest BCUT2D eigenvalue weighted by molar-refractivity contribution is -0.140. The van der Waals surface area contributed by atoms with E-state index in [-0.39, 0.29) is 11.3 Å². The molecule has 1 aromatic carbocycles. The smallest absolute Gasteiger partial charge is 0.246 e. The number of hydrogen-bond donors (Lipinski definition) is 2. The summed E-state index contributed by atoms with van der Waals surface area (Å²) in [6.45, 7) is 5.57. The Bertz CT molecular complexity index is 550. The Hall–Kier alpha value is -0.910. The van der Waals surface area contributed by atoms with E-state index >= 15 is 0 Å². The van der Waals surface area contributed by atoms with Gasteiger partial charge in [0.1, 0.15) is 5.54 Å². The van der Waals surface area contributed by atoms with Crippen molar-refractivity contribution in [3.8, 4) is 0 Å². The molecule has 0 bridgehead atoms. The fourth-order valence-electron chi connectivity index (χ4n) is 3.77. The average molecular weight is 366 g/mol. The number of nitrogens with two attached hydrogens (primary N) is 1. The molecule has 2 heterocycles. The van der Waals surface area contributed by atoms with Crippen LogP contribution >= 0.6 is 15.9 Å². The lowest BCUT2D eigenvalue weighted by atomic mass is 9.78. The van der Waals surface area contributed by atoms with E-state index in [1.54, 1.807) is 0 Å². The molecule has 0 saturated carbocycles. The van der Waals surface area contributed by atoms with Gasteiger partial charge >= 0.3 is 0 Å². The maximum Gasteiger partial charge on any atom is 0.246 e. The lowest BCUT2D eigenvalue weighted by Crippen LogP contribution is -2.56. The number of halogens is 1. The zero-order chi connectivity index (χ0) is 15.8. The molecule has 0 aromatic heterocycles. The van der Waals surface area contributed by atoms with Crippen molar-refractivity contribution in [1.82, 2.24) is 10.2 Å². The highest BCUT2D eigenvalue weighted by atomic mass is 79.9. The molecule has 2 aliphatic heterocycles. The van der Waals surface area contributed by atoms with Gasteiger partial charge in [-0.25, -0.2) is 0 Å². The fourth-order valence-corrected chi connectivity index (χ4v) is 4.04. The lowest BCUT2D eigenvalue weighted by Gasteiger charge is -2.42. The number of carbonyl (C=O) groups is 1. The van der Waals surface area contributed by atoms with Gasteiger partial charge in [-0.3, -0.25) is 4.79 Å². The Labute approximate surface area is 140 Å². The van der Waals surface area contributed by atoms with E-state index in [1.807, 2.05) is 36.1 Å². The fraction of sp³-hybridized carbons (Fsp3) is 0.588. The van der Waals surface area contributed by atoms with Gasteiger partial charge in [0.05, 0.1) is 0 Å². The van der Waals surface area contributed by atoms with Crippen molar-refractivity contribution >= 4 is 21.8 Å². The maximum absolute atomic E-state index is 13.0. The van der Waals surface area contributed by atoms with Crippen LogP contribution in [0.4, 0.5) is 0 Å². The molecule has 0 radical (unpaired) electrons. The van der Waals surface area contributed by atoms with E-state index in [0.29, 0.717) is 0 Å². The zero-order valence-electron chi connectivity index (χ0n) is 13.1. The first-order chi connectivity index (χ1) is 10.4. The van der Waals surface area contributed by atoms with E-state index in [9.17, 15) is 4.79 Å². The summed E-state index contributed by atoms with van der Waals surface area (Å²) in [4.78, 5) is 15.0. The van der Waals surface area contributed by atoms with Crippen LogP contribution in [0.15, 0.2) is 28.7 Å². The second-order valence-electron chi connectivity index (χ2n) is 6.97. The zero-order valence-corrected chi connectivity index (χ0v) is 14.7. The van der Waals surface area contributed by atoms with E-state index in [1.165, 1.54) is 6.42 Å². The van der Waals surface area contributed by atoms with Crippen molar-refractivity contribution in [3.05, 3.63) is 34.3 Å². The number of hydrogen-bond acceptors (Lipinski definition) is 3. The first-order valence-corrected chi connectivity index (χ1v) is 8.77. The summed E-state index contributed by atoms with van der Waals surface area (Å²) in [5.74, 6) is 0.0424. The van der Waals surface area contributed by atoms with Gasteiger partial charge in [0.15, 0.2) is 0 Å². The highest BCUT2D eigenvalue weighted by molar-refractivity contribution is 9.10. The van der Waals surface area contributed by atoms with Crippen molar-refractivity contribution < 1.29 is 4.79 Å². The summed E-state index contributed by atoms with van der Waals surface area (Å²) < 4.78 is 0.994. The van der Waals surface area contributed by atoms with Gasteiger partial charge in [-0.05, 0) is 50.4 Å². The van der Waals surface area contributed by atoms with Crippen LogP contribution < -0.4 is 11.1 Å². The van der Waals surface area contributed by atoms with Gasteiger partial charge < -0.3 is 16.0 Å². The maximum atomic E-state index is 13.0. The summed E-state index contributed by atoms with van der Waals surface area (Å²) in [5, 5.41) is 3.44. The molecule has 2 saturated heterocycles. The van der Waals surface area contributed by atoms with Crippen LogP contribution in [-0.2, 0) is 10.3 Å². The number of likely N-dealkylation sites (tertiary alicyclic amines) is 1. The minimum absolute atomic E-state index is 0.0424. The third kappa shape index (κ3) is 2.94. The predicted octanol–water partition coefficient (Wildman–Crippen LogP) is 2.23. The van der Waals surface area contributed by atoms with Crippen LogP contribution in [0.3, 0.4) is 0 Å². The minimum atomic E-state index is -0.967. The second-order valence-corrected chi connectivity index (χ2v) is 7.88. The number of nitrogens with one attached hydrogen (secondary N) is 1. The molecule has 1 amide bonds. The molecule has 2 atom stereocenters. The number of carbonyl (C=O) groups excluding carboxylic acids is 1. The molecule has 1 aromatic rings. The van der Waals surface area contributed by atoms with Crippen LogP contribution in [0, 0.1) is 5.41 Å². The number of amides is 1. The Kier molecular flexibility index (Phi) is 4.32. The molecule has 2 aliphatic rings. The second kappa shape index (κ2) is 5.95. The van der Waals surface area contributed by atoms with Crippen LogP contribution in [0.2, 0.25) is 0 Å². The Morgan fingerprint density at radius 2 is 2.09 bits per heavy atom. The summed E-state index contributed by atoms with van der Waals surface area (Å²) in [7, 11) is 0. The Morgan fingerprint density at radius 3 is 2.73 bits per heavy atom. The predicted molar refractivity (Wildman–Crippen MR) is 91.4 cm³/mol. The van der Waals surface area contributed by atoms with Crippen LogP contribution in [0.25, 0.3) is 0 Å². The van der Waals surface area contributed by atoms with E-state index in [2.05, 4.69) is 21.2 Å². The summed E-state index contributed by atoms with van der Waals surface area (Å²) >= 11 is 3.42. The van der Waals surface area contributed by atoms with Crippen molar-refractivity contribution in [3.63, 3.8) is 0 Å². The van der Waals surface area contributed by atoms with Crippen molar-refractivity contribution in [2.75, 3.05) is 26.2 Å². The SMILES string of the molecule is CC(N)(C(=O)N1CCCC2(CCNC2)C1)c1ccc(Br)cc1. The largest absolute Gasteiger partial charge is 0.340 e. The first kappa shape index (κ1) is 16.0. The van der Waals surface area contributed by atoms with Gasteiger partial charge in [-0.15, -0.1) is 0 Å². The molecule has 4 nitrogen and oxygen atoms in total. The van der Waals surface area contributed by atoms with Crippen molar-refractivity contribution in [2.45, 2.75) is 31.7 Å². The molecule has 2 unspecified atom stereocenters. The highest BCUT2D eigenvalue weighted by Crippen LogP contribution is 2.36. The summed E-state index contributed by atoms with van der Waals surface area (Å²) in [6, 6.07) is 7.73. The molecule has 2 fully saturated rings. The molecular weight excluding hydrogens is 342 g/mol. The van der Waals surface area contributed by atoms with Gasteiger partial charge in [-0.1, -0.05) is 28.1 Å². The summed E-state index contributed by atoms with van der Waals surface area (Å²) in [6.07, 6.45) is 3.45. The van der Waals surface area contributed by atoms with E-state index < -0.39 is 5.54 Å². The van der Waals surface area contributed by atoms with E-state index in [0.717, 1.165) is 49.1 Å². The van der Waals surface area contributed by atoms with Gasteiger partial charge in [-0.2, -0.15) is 0 Å². The molecule has 22 heavy (non-hydrogen) atoms. The first-order valence-electron chi connectivity index (χ1n) is 7.98. The van der Waals surface area contributed by atoms with Crippen LogP contribution in [0.5, 0.6) is 0 Å². The van der Waals surface area contributed by atoms with Gasteiger partial charge in [0.2, 0.25) is 5.91 Å². The molecule has 5 heteroatoms. The third-order valence-electron chi connectivity index (χ3n) is 5.17. The van der Waals surface area contributed by atoms with Crippen LogP contribution in [-0.4, -0.2) is 37.0 Å². The number of rotatable bonds is 2.